The molecule has 0 amide bonds. The Kier molecular flexibility index (Phi) is 5.94. The minimum Gasteiger partial charge on any atom is -0.453 e. The number of aromatic nitrogens is 4. The Labute approximate surface area is 204 Å². The smallest absolute Gasteiger partial charge is 0.359 e. The number of imidazole rings is 1. The molecule has 2 aromatic heterocycles. The molecule has 0 bridgehead atoms. The van der Waals surface area contributed by atoms with Gasteiger partial charge in [0, 0.05) is 31.9 Å². The van der Waals surface area contributed by atoms with Gasteiger partial charge in [-0.1, -0.05) is 18.2 Å². The van der Waals surface area contributed by atoms with E-state index < -0.39 is 16.0 Å². The van der Waals surface area contributed by atoms with Gasteiger partial charge in [0.05, 0.1) is 21.6 Å². The van der Waals surface area contributed by atoms with Crippen LogP contribution in [-0.4, -0.2) is 52.1 Å². The van der Waals surface area contributed by atoms with Crippen LogP contribution < -0.4 is 0 Å². The third-order valence-corrected chi connectivity index (χ3v) is 8.16. The van der Waals surface area contributed by atoms with E-state index in [-0.39, 0.29) is 11.5 Å². The number of ether oxygens (including phenoxy) is 1. The molecular weight excluding hydrogens is 466 g/mol. The van der Waals surface area contributed by atoms with Crippen LogP contribution in [0.15, 0.2) is 53.4 Å². The van der Waals surface area contributed by atoms with E-state index in [0.29, 0.717) is 23.6 Å². The number of carbonyl (C=O) groups is 1. The third-order valence-electron chi connectivity index (χ3n) is 6.35. The first-order valence-electron chi connectivity index (χ1n) is 11.6. The number of fused-ring (bicyclic) bond motifs is 2. The number of para-hydroxylation sites is 1. The lowest BCUT2D eigenvalue weighted by Crippen LogP contribution is -2.22. The number of carbonyl (C=O) groups excluding carboxylic acids is 1. The average Bonchev–Trinajstić information content (AvgIpc) is 3.55. The van der Waals surface area contributed by atoms with Crippen molar-refractivity contribution in [1.29, 1.82) is 0 Å². The second-order valence-electron chi connectivity index (χ2n) is 8.66. The Morgan fingerprint density at radius 2 is 1.89 bits per heavy atom. The topological polar surface area (TPSA) is 99.3 Å². The zero-order valence-electron chi connectivity index (χ0n) is 19.9. The Hall–Kier alpha value is -3.50. The van der Waals surface area contributed by atoms with Crippen molar-refractivity contribution in [2.45, 2.75) is 44.2 Å². The summed E-state index contributed by atoms with van der Waals surface area (Å²) in [5.41, 5.74) is 4.58. The van der Waals surface area contributed by atoms with E-state index in [2.05, 4.69) is 10.1 Å². The zero-order valence-corrected chi connectivity index (χ0v) is 20.7. The normalized spacial score (nSPS) is 13.5. The average molecular weight is 494 g/mol. The molecule has 5 rings (SSSR count). The second kappa shape index (κ2) is 8.94. The minimum absolute atomic E-state index is 0.0376. The maximum Gasteiger partial charge on any atom is 0.359 e. The van der Waals surface area contributed by atoms with Crippen LogP contribution in [0.4, 0.5) is 0 Å². The standard InChI is InChI=1S/C25H27N5O4S/c1-4-29-22-14-13-18(35(32,33)28(2)3)15-20(22)26-23(29)16-34-25(31)24-19-11-8-12-21(19)30(27-24)17-9-6-5-7-10-17/h5-7,9-10,13-15H,4,8,11-12,16H2,1-3H3. The van der Waals surface area contributed by atoms with E-state index in [4.69, 9.17) is 4.74 Å². The van der Waals surface area contributed by atoms with E-state index in [9.17, 15) is 13.2 Å². The van der Waals surface area contributed by atoms with Gasteiger partial charge in [-0.3, -0.25) is 0 Å². The highest BCUT2D eigenvalue weighted by Crippen LogP contribution is 2.29. The lowest BCUT2D eigenvalue weighted by Gasteiger charge is -2.11. The van der Waals surface area contributed by atoms with Crippen molar-refractivity contribution in [3.05, 3.63) is 71.3 Å². The Bertz CT molecular complexity index is 1520. The molecule has 182 valence electrons. The van der Waals surface area contributed by atoms with Gasteiger partial charge in [0.25, 0.3) is 0 Å². The fourth-order valence-corrected chi connectivity index (χ4v) is 5.50. The van der Waals surface area contributed by atoms with Crippen LogP contribution in [0.25, 0.3) is 16.7 Å². The van der Waals surface area contributed by atoms with Gasteiger partial charge in [0.2, 0.25) is 10.0 Å². The van der Waals surface area contributed by atoms with Crippen LogP contribution in [-0.2, 0) is 40.8 Å². The molecule has 4 aromatic rings. The molecule has 0 saturated heterocycles. The summed E-state index contributed by atoms with van der Waals surface area (Å²) in [7, 11) is -0.597. The molecule has 0 saturated carbocycles. The number of aryl methyl sites for hydroxylation is 1. The van der Waals surface area contributed by atoms with E-state index in [0.717, 1.165) is 41.7 Å². The fraction of sp³-hybridized carbons (Fsp3) is 0.320. The quantitative estimate of drug-likeness (QED) is 0.366. The maximum absolute atomic E-state index is 13.1. The van der Waals surface area contributed by atoms with Crippen LogP contribution in [0.5, 0.6) is 0 Å². The first-order valence-corrected chi connectivity index (χ1v) is 13.0. The summed E-state index contributed by atoms with van der Waals surface area (Å²) in [6, 6.07) is 14.6. The van der Waals surface area contributed by atoms with Gasteiger partial charge < -0.3 is 9.30 Å². The lowest BCUT2D eigenvalue weighted by molar-refractivity contribution is 0.0450. The van der Waals surface area contributed by atoms with Crippen molar-refractivity contribution >= 4 is 27.0 Å². The van der Waals surface area contributed by atoms with Gasteiger partial charge >= 0.3 is 5.97 Å². The molecule has 0 fully saturated rings. The highest BCUT2D eigenvalue weighted by Gasteiger charge is 2.28. The highest BCUT2D eigenvalue weighted by atomic mass is 32.2. The summed E-state index contributed by atoms with van der Waals surface area (Å²) in [6.45, 7) is 2.52. The SMILES string of the molecule is CCn1c(COC(=O)c2nn(-c3ccccc3)c3c2CCC3)nc2cc(S(=O)(=O)N(C)C)ccc21. The van der Waals surface area contributed by atoms with Crippen molar-refractivity contribution in [2.75, 3.05) is 14.1 Å². The van der Waals surface area contributed by atoms with E-state index in [1.54, 1.807) is 18.2 Å². The Morgan fingerprint density at radius 3 is 2.60 bits per heavy atom. The summed E-state index contributed by atoms with van der Waals surface area (Å²) in [4.78, 5) is 17.8. The number of esters is 1. The van der Waals surface area contributed by atoms with E-state index in [1.807, 2.05) is 46.5 Å². The predicted octanol–water partition coefficient (Wildman–Crippen LogP) is 3.34. The summed E-state index contributed by atoms with van der Waals surface area (Å²) < 4.78 is 35.6. The zero-order chi connectivity index (χ0) is 24.7. The van der Waals surface area contributed by atoms with Crippen LogP contribution in [0, 0.1) is 0 Å². The summed E-state index contributed by atoms with van der Waals surface area (Å²) in [5, 5.41) is 4.60. The van der Waals surface area contributed by atoms with Gasteiger partial charge in [-0.05, 0) is 56.5 Å². The Balaban J connectivity index is 1.42. The fourth-order valence-electron chi connectivity index (χ4n) is 4.58. The maximum atomic E-state index is 13.1. The van der Waals surface area contributed by atoms with Gasteiger partial charge in [0.1, 0.15) is 12.4 Å². The summed E-state index contributed by atoms with van der Waals surface area (Å²) >= 11 is 0. The lowest BCUT2D eigenvalue weighted by atomic mass is 10.2. The number of sulfonamides is 1. The number of rotatable bonds is 7. The molecule has 0 unspecified atom stereocenters. The van der Waals surface area contributed by atoms with Crippen LogP contribution in [0.1, 0.15) is 40.9 Å². The number of hydrogen-bond donors (Lipinski definition) is 0. The largest absolute Gasteiger partial charge is 0.453 e. The number of nitrogens with zero attached hydrogens (tertiary/aromatic N) is 5. The molecule has 0 N–H and O–H groups in total. The molecule has 1 aliphatic carbocycles. The predicted molar refractivity (Wildman–Crippen MR) is 131 cm³/mol. The van der Waals surface area contributed by atoms with Crippen molar-refractivity contribution in [2.24, 2.45) is 0 Å². The van der Waals surface area contributed by atoms with Gasteiger partial charge in [-0.25, -0.2) is 27.2 Å². The minimum atomic E-state index is -3.58. The monoisotopic (exact) mass is 493 g/mol. The van der Waals surface area contributed by atoms with Gasteiger partial charge in [-0.2, -0.15) is 5.10 Å². The van der Waals surface area contributed by atoms with Crippen LogP contribution in [0.2, 0.25) is 0 Å². The molecule has 35 heavy (non-hydrogen) atoms. The molecule has 0 spiro atoms. The van der Waals surface area contributed by atoms with Crippen molar-refractivity contribution in [3.63, 3.8) is 0 Å². The highest BCUT2D eigenvalue weighted by molar-refractivity contribution is 7.89. The Morgan fingerprint density at radius 1 is 1.11 bits per heavy atom. The molecule has 0 atom stereocenters. The van der Waals surface area contributed by atoms with Crippen molar-refractivity contribution < 1.29 is 17.9 Å². The molecule has 0 radical (unpaired) electrons. The summed E-state index contributed by atoms with van der Waals surface area (Å²) in [5.74, 6) is 0.0674. The van der Waals surface area contributed by atoms with Crippen LogP contribution in [0.3, 0.4) is 0 Å². The van der Waals surface area contributed by atoms with Crippen molar-refractivity contribution in [1.82, 2.24) is 23.6 Å². The number of hydrogen-bond acceptors (Lipinski definition) is 6. The molecular formula is C25H27N5O4S. The molecule has 2 aromatic carbocycles. The molecule has 0 aliphatic heterocycles. The summed E-state index contributed by atoms with van der Waals surface area (Å²) in [6.07, 6.45) is 2.64. The molecule has 10 heteroatoms. The van der Waals surface area contributed by atoms with Gasteiger partial charge in [-0.15, -0.1) is 0 Å². The van der Waals surface area contributed by atoms with Gasteiger partial charge in [0.15, 0.2) is 5.69 Å². The van der Waals surface area contributed by atoms with E-state index >= 15 is 0 Å². The molecule has 9 nitrogen and oxygen atoms in total. The van der Waals surface area contributed by atoms with Crippen molar-refractivity contribution in [3.8, 4) is 5.69 Å². The van der Waals surface area contributed by atoms with E-state index in [1.165, 1.54) is 18.4 Å². The molecule has 2 heterocycles. The van der Waals surface area contributed by atoms with Crippen LogP contribution >= 0.6 is 0 Å². The number of benzene rings is 2. The molecule has 1 aliphatic rings. The first-order chi connectivity index (χ1) is 16.8. The third kappa shape index (κ3) is 4.02. The first kappa shape index (κ1) is 23.3. The second-order valence-corrected chi connectivity index (χ2v) is 10.8.